The quantitative estimate of drug-likeness (QED) is 0.731. The molecule has 0 aliphatic carbocycles. The standard InChI is InChI=1S/C16H16N4OS/c1-2-14-17-18-15-10-19(7-8-20(14)15)16(21)13-9-11-5-3-4-6-12(11)22-13/h3-6,9H,2,7-8,10H2,1H3. The van der Waals surface area contributed by atoms with Crippen LogP contribution in [0.2, 0.25) is 0 Å². The molecule has 0 bridgehead atoms. The molecule has 0 N–H and O–H groups in total. The van der Waals surface area contributed by atoms with Gasteiger partial charge in [-0.25, -0.2) is 0 Å². The summed E-state index contributed by atoms with van der Waals surface area (Å²) in [5.41, 5.74) is 0. The molecule has 6 heteroatoms. The molecular weight excluding hydrogens is 296 g/mol. The van der Waals surface area contributed by atoms with Crippen LogP contribution in [0.5, 0.6) is 0 Å². The second kappa shape index (κ2) is 5.21. The number of hydrogen-bond donors (Lipinski definition) is 0. The molecule has 0 radical (unpaired) electrons. The maximum Gasteiger partial charge on any atom is 0.264 e. The molecule has 1 amide bonds. The third kappa shape index (κ3) is 2.11. The summed E-state index contributed by atoms with van der Waals surface area (Å²) >= 11 is 1.56. The van der Waals surface area contributed by atoms with E-state index in [2.05, 4.69) is 27.8 Å². The summed E-state index contributed by atoms with van der Waals surface area (Å²) in [4.78, 5) is 15.4. The van der Waals surface area contributed by atoms with Crippen LogP contribution in [0, 0.1) is 0 Å². The summed E-state index contributed by atoms with van der Waals surface area (Å²) in [7, 11) is 0. The van der Waals surface area contributed by atoms with Gasteiger partial charge in [0.25, 0.3) is 5.91 Å². The third-order valence-electron chi connectivity index (χ3n) is 4.07. The smallest absolute Gasteiger partial charge is 0.264 e. The van der Waals surface area contributed by atoms with Crippen LogP contribution in [0.3, 0.4) is 0 Å². The van der Waals surface area contributed by atoms with Gasteiger partial charge in [-0.15, -0.1) is 21.5 Å². The highest BCUT2D eigenvalue weighted by molar-refractivity contribution is 7.20. The van der Waals surface area contributed by atoms with Crippen LogP contribution in [0.4, 0.5) is 0 Å². The van der Waals surface area contributed by atoms with Crippen molar-refractivity contribution in [1.82, 2.24) is 19.7 Å². The van der Waals surface area contributed by atoms with E-state index in [1.54, 1.807) is 11.3 Å². The highest BCUT2D eigenvalue weighted by Gasteiger charge is 2.25. The van der Waals surface area contributed by atoms with Crippen LogP contribution in [0.15, 0.2) is 30.3 Å². The van der Waals surface area contributed by atoms with Crippen molar-refractivity contribution in [1.29, 1.82) is 0 Å². The van der Waals surface area contributed by atoms with Gasteiger partial charge < -0.3 is 9.47 Å². The molecule has 3 heterocycles. The number of amides is 1. The van der Waals surface area contributed by atoms with Gasteiger partial charge in [-0.2, -0.15) is 0 Å². The van der Waals surface area contributed by atoms with E-state index in [4.69, 9.17) is 0 Å². The Kier molecular flexibility index (Phi) is 3.18. The first-order valence-corrected chi connectivity index (χ1v) is 8.26. The first-order valence-electron chi connectivity index (χ1n) is 7.45. The van der Waals surface area contributed by atoms with Crippen LogP contribution < -0.4 is 0 Å². The molecule has 0 saturated carbocycles. The molecule has 2 aromatic heterocycles. The Hall–Kier alpha value is -2.21. The first kappa shape index (κ1) is 13.5. The Morgan fingerprint density at radius 3 is 2.95 bits per heavy atom. The van der Waals surface area contributed by atoms with Gasteiger partial charge in [0.05, 0.1) is 11.4 Å². The van der Waals surface area contributed by atoms with Crippen molar-refractivity contribution in [2.75, 3.05) is 6.54 Å². The molecule has 3 aromatic rings. The van der Waals surface area contributed by atoms with E-state index < -0.39 is 0 Å². The molecule has 0 unspecified atom stereocenters. The molecule has 0 fully saturated rings. The van der Waals surface area contributed by atoms with Gasteiger partial charge in [0.15, 0.2) is 5.82 Å². The summed E-state index contributed by atoms with van der Waals surface area (Å²) in [6, 6.07) is 10.1. The van der Waals surface area contributed by atoms with Crippen molar-refractivity contribution in [3.8, 4) is 0 Å². The summed E-state index contributed by atoms with van der Waals surface area (Å²) in [5.74, 6) is 1.98. The summed E-state index contributed by atoms with van der Waals surface area (Å²) in [6.07, 6.45) is 0.872. The predicted molar refractivity (Wildman–Crippen MR) is 86.0 cm³/mol. The normalized spacial score (nSPS) is 14.3. The van der Waals surface area contributed by atoms with Crippen molar-refractivity contribution >= 4 is 27.3 Å². The Bertz CT molecular complexity index is 818. The van der Waals surface area contributed by atoms with E-state index in [9.17, 15) is 4.79 Å². The average Bonchev–Trinajstić information content (AvgIpc) is 3.17. The van der Waals surface area contributed by atoms with Crippen molar-refractivity contribution in [3.05, 3.63) is 46.9 Å². The van der Waals surface area contributed by atoms with Crippen molar-refractivity contribution in [2.45, 2.75) is 26.4 Å². The summed E-state index contributed by atoms with van der Waals surface area (Å²) in [5, 5.41) is 9.54. The second-order valence-electron chi connectivity index (χ2n) is 5.41. The summed E-state index contributed by atoms with van der Waals surface area (Å²) in [6.45, 7) is 4.11. The highest BCUT2D eigenvalue weighted by atomic mass is 32.1. The van der Waals surface area contributed by atoms with Crippen molar-refractivity contribution in [3.63, 3.8) is 0 Å². The van der Waals surface area contributed by atoms with Gasteiger partial charge in [-0.1, -0.05) is 25.1 Å². The zero-order valence-corrected chi connectivity index (χ0v) is 13.1. The zero-order chi connectivity index (χ0) is 15.1. The molecule has 112 valence electrons. The van der Waals surface area contributed by atoms with Crippen LogP contribution >= 0.6 is 11.3 Å². The second-order valence-corrected chi connectivity index (χ2v) is 6.50. The minimum Gasteiger partial charge on any atom is -0.329 e. The van der Waals surface area contributed by atoms with E-state index in [1.807, 2.05) is 29.2 Å². The number of carbonyl (C=O) groups excluding carboxylic acids is 1. The molecule has 22 heavy (non-hydrogen) atoms. The molecule has 0 spiro atoms. The monoisotopic (exact) mass is 312 g/mol. The summed E-state index contributed by atoms with van der Waals surface area (Å²) < 4.78 is 3.29. The Morgan fingerprint density at radius 1 is 1.27 bits per heavy atom. The molecular formula is C16H16N4OS. The van der Waals surface area contributed by atoms with E-state index in [1.165, 1.54) is 0 Å². The number of aryl methyl sites for hydroxylation is 1. The SMILES string of the molecule is CCc1nnc2n1CCN(C(=O)c1cc3ccccc3s1)C2. The van der Waals surface area contributed by atoms with Gasteiger partial charge >= 0.3 is 0 Å². The lowest BCUT2D eigenvalue weighted by molar-refractivity contribution is 0.0711. The molecule has 1 aliphatic rings. The van der Waals surface area contributed by atoms with E-state index in [0.29, 0.717) is 13.1 Å². The first-order chi connectivity index (χ1) is 10.8. The molecule has 0 saturated heterocycles. The van der Waals surface area contributed by atoms with Gasteiger partial charge in [0.1, 0.15) is 5.82 Å². The molecule has 1 aromatic carbocycles. The number of benzene rings is 1. The minimum absolute atomic E-state index is 0.0912. The number of carbonyl (C=O) groups is 1. The van der Waals surface area contributed by atoms with Crippen LogP contribution in [0.25, 0.3) is 10.1 Å². The lowest BCUT2D eigenvalue weighted by atomic mass is 10.2. The maximum atomic E-state index is 12.7. The fraction of sp³-hybridized carbons (Fsp3) is 0.312. The fourth-order valence-electron chi connectivity index (χ4n) is 2.90. The Morgan fingerprint density at radius 2 is 2.14 bits per heavy atom. The van der Waals surface area contributed by atoms with Crippen molar-refractivity contribution in [2.24, 2.45) is 0 Å². The van der Waals surface area contributed by atoms with E-state index in [-0.39, 0.29) is 5.91 Å². The maximum absolute atomic E-state index is 12.7. The van der Waals surface area contributed by atoms with Gasteiger partial charge in [0, 0.05) is 24.2 Å². The zero-order valence-electron chi connectivity index (χ0n) is 12.3. The van der Waals surface area contributed by atoms with Crippen LogP contribution in [-0.2, 0) is 19.5 Å². The Labute approximate surface area is 132 Å². The lowest BCUT2D eigenvalue weighted by Crippen LogP contribution is -2.38. The number of rotatable bonds is 2. The lowest BCUT2D eigenvalue weighted by Gasteiger charge is -2.27. The largest absolute Gasteiger partial charge is 0.329 e. The van der Waals surface area contributed by atoms with Crippen molar-refractivity contribution < 1.29 is 4.79 Å². The van der Waals surface area contributed by atoms with Crippen LogP contribution in [0.1, 0.15) is 28.2 Å². The van der Waals surface area contributed by atoms with E-state index >= 15 is 0 Å². The average molecular weight is 312 g/mol. The number of thiophene rings is 1. The number of nitrogens with zero attached hydrogens (tertiary/aromatic N) is 4. The highest BCUT2D eigenvalue weighted by Crippen LogP contribution is 2.27. The number of fused-ring (bicyclic) bond motifs is 2. The molecule has 5 nitrogen and oxygen atoms in total. The molecule has 0 atom stereocenters. The van der Waals surface area contributed by atoms with Gasteiger partial charge in [-0.3, -0.25) is 4.79 Å². The number of aromatic nitrogens is 3. The minimum atomic E-state index is 0.0912. The predicted octanol–water partition coefficient (Wildman–Crippen LogP) is 2.71. The molecule has 4 rings (SSSR count). The fourth-order valence-corrected chi connectivity index (χ4v) is 3.93. The Balaban J connectivity index is 1.61. The van der Waals surface area contributed by atoms with Gasteiger partial charge in [-0.05, 0) is 17.5 Å². The molecule has 1 aliphatic heterocycles. The van der Waals surface area contributed by atoms with Gasteiger partial charge in [0.2, 0.25) is 0 Å². The van der Waals surface area contributed by atoms with Crippen LogP contribution in [-0.4, -0.2) is 32.1 Å². The third-order valence-corrected chi connectivity index (χ3v) is 5.17. The topological polar surface area (TPSA) is 51.0 Å². The number of hydrogen-bond acceptors (Lipinski definition) is 4. The van der Waals surface area contributed by atoms with E-state index in [0.717, 1.165) is 39.6 Å².